The van der Waals surface area contributed by atoms with E-state index in [1.165, 1.54) is 0 Å². The van der Waals surface area contributed by atoms with Crippen molar-refractivity contribution in [3.8, 4) is 0 Å². The molecule has 1 aliphatic rings. The molecule has 0 heterocycles. The summed E-state index contributed by atoms with van der Waals surface area (Å²) in [6, 6.07) is 17.8. The zero-order valence-corrected chi connectivity index (χ0v) is 14.0. The standard InChI is InChI=1S/C21H14BrO/c22-20-11-4-6-16(14-20)12-13-21(23)19-10-5-9-18(15-19)17-7-2-1-3-8-17/h1-4,6-15H/q+1/b13-12+. The van der Waals surface area contributed by atoms with Crippen LogP contribution in [0.25, 0.3) is 11.6 Å². The van der Waals surface area contributed by atoms with Crippen molar-refractivity contribution in [3.05, 3.63) is 106 Å². The first-order chi connectivity index (χ1) is 11.2. The zero-order valence-electron chi connectivity index (χ0n) is 12.4. The van der Waals surface area contributed by atoms with Crippen molar-refractivity contribution in [3.63, 3.8) is 0 Å². The number of hydrogen-bond acceptors (Lipinski definition) is 1. The van der Waals surface area contributed by atoms with E-state index in [1.807, 2.05) is 72.8 Å². The maximum Gasteiger partial charge on any atom is 0.241 e. The number of benzene rings is 2. The normalized spacial score (nSPS) is 13.4. The van der Waals surface area contributed by atoms with E-state index in [-0.39, 0.29) is 5.78 Å². The number of carbonyl (C=O) groups excluding carboxylic acids is 1. The Labute approximate surface area is 144 Å². The van der Waals surface area contributed by atoms with Crippen LogP contribution in [0.1, 0.15) is 11.1 Å². The zero-order chi connectivity index (χ0) is 16.1. The predicted octanol–water partition coefficient (Wildman–Crippen LogP) is 5.41. The number of ketones is 1. The summed E-state index contributed by atoms with van der Waals surface area (Å²) in [6.07, 6.45) is 12.0. The van der Waals surface area contributed by atoms with Crippen LogP contribution >= 0.6 is 15.9 Å². The van der Waals surface area contributed by atoms with Gasteiger partial charge >= 0.3 is 0 Å². The summed E-state index contributed by atoms with van der Waals surface area (Å²) in [6.45, 7) is 0. The van der Waals surface area contributed by atoms with Crippen LogP contribution < -0.4 is 0 Å². The first-order valence-electron chi connectivity index (χ1n) is 7.27. The minimum Gasteiger partial charge on any atom is -0.273 e. The van der Waals surface area contributed by atoms with Gasteiger partial charge < -0.3 is 0 Å². The molecule has 2 aromatic carbocycles. The molecule has 0 unspecified atom stereocenters. The van der Waals surface area contributed by atoms with Gasteiger partial charge in [-0.25, -0.2) is 0 Å². The molecule has 1 nitrogen and oxygen atoms in total. The summed E-state index contributed by atoms with van der Waals surface area (Å²) in [5.74, 6) is -0.0287. The second-order valence-electron chi connectivity index (χ2n) is 5.13. The van der Waals surface area contributed by atoms with Crippen molar-refractivity contribution in [1.29, 1.82) is 0 Å². The molecule has 0 saturated heterocycles. The highest BCUT2D eigenvalue weighted by molar-refractivity contribution is 9.10. The van der Waals surface area contributed by atoms with Gasteiger partial charge in [0.15, 0.2) is 0 Å². The number of allylic oxidation sites excluding steroid dienone is 7. The molecule has 23 heavy (non-hydrogen) atoms. The lowest BCUT2D eigenvalue weighted by Crippen LogP contribution is -1.99. The smallest absolute Gasteiger partial charge is 0.241 e. The average Bonchev–Trinajstić information content (AvgIpc) is 2.61. The average molecular weight is 362 g/mol. The van der Waals surface area contributed by atoms with Gasteiger partial charge in [0.2, 0.25) is 5.78 Å². The van der Waals surface area contributed by atoms with Gasteiger partial charge in [-0.1, -0.05) is 46.3 Å². The van der Waals surface area contributed by atoms with Crippen LogP contribution in [0, 0.1) is 6.08 Å². The molecule has 0 amide bonds. The number of carbonyl (C=O) groups is 1. The summed E-state index contributed by atoms with van der Waals surface area (Å²) >= 11 is 3.43. The van der Waals surface area contributed by atoms with Crippen molar-refractivity contribution in [1.82, 2.24) is 0 Å². The Bertz CT molecular complexity index is 839. The lowest BCUT2D eigenvalue weighted by atomic mass is 9.96. The Morgan fingerprint density at radius 3 is 2.65 bits per heavy atom. The van der Waals surface area contributed by atoms with Crippen molar-refractivity contribution in [2.45, 2.75) is 0 Å². The van der Waals surface area contributed by atoms with Crippen LogP contribution in [0.3, 0.4) is 0 Å². The second kappa shape index (κ2) is 7.15. The van der Waals surface area contributed by atoms with Crippen molar-refractivity contribution < 1.29 is 4.79 Å². The Balaban J connectivity index is 1.79. The third-order valence-electron chi connectivity index (χ3n) is 3.46. The minimum atomic E-state index is -0.0287. The predicted molar refractivity (Wildman–Crippen MR) is 98.5 cm³/mol. The van der Waals surface area contributed by atoms with Gasteiger partial charge in [-0.05, 0) is 35.9 Å². The highest BCUT2D eigenvalue weighted by Crippen LogP contribution is 2.22. The van der Waals surface area contributed by atoms with E-state index in [2.05, 4.69) is 22.0 Å². The molecule has 0 aromatic heterocycles. The third-order valence-corrected chi connectivity index (χ3v) is 3.95. The van der Waals surface area contributed by atoms with Crippen LogP contribution in [0.5, 0.6) is 0 Å². The van der Waals surface area contributed by atoms with Gasteiger partial charge in [0, 0.05) is 22.2 Å². The van der Waals surface area contributed by atoms with E-state index in [1.54, 1.807) is 12.2 Å². The van der Waals surface area contributed by atoms with Crippen LogP contribution in [0.2, 0.25) is 0 Å². The highest BCUT2D eigenvalue weighted by atomic mass is 79.9. The van der Waals surface area contributed by atoms with E-state index >= 15 is 0 Å². The lowest BCUT2D eigenvalue weighted by Gasteiger charge is -1.99. The van der Waals surface area contributed by atoms with E-state index < -0.39 is 0 Å². The van der Waals surface area contributed by atoms with Crippen molar-refractivity contribution in [2.24, 2.45) is 0 Å². The molecular weight excluding hydrogens is 348 g/mol. The first kappa shape index (κ1) is 15.4. The molecular formula is C21H14BrO+. The van der Waals surface area contributed by atoms with Crippen LogP contribution in [-0.2, 0) is 4.79 Å². The van der Waals surface area contributed by atoms with Crippen LogP contribution in [-0.4, -0.2) is 5.78 Å². The summed E-state index contributed by atoms with van der Waals surface area (Å²) in [7, 11) is 0. The van der Waals surface area contributed by atoms with E-state index in [4.69, 9.17) is 0 Å². The van der Waals surface area contributed by atoms with Gasteiger partial charge in [-0.15, -0.1) is 0 Å². The Morgan fingerprint density at radius 2 is 1.87 bits per heavy atom. The van der Waals surface area contributed by atoms with Crippen LogP contribution in [0.15, 0.2) is 88.9 Å². The van der Waals surface area contributed by atoms with E-state index in [9.17, 15) is 4.79 Å². The summed E-state index contributed by atoms with van der Waals surface area (Å²) in [5, 5.41) is 0. The van der Waals surface area contributed by atoms with Gasteiger partial charge in [0.05, 0.1) is 11.6 Å². The van der Waals surface area contributed by atoms with Crippen molar-refractivity contribution in [2.75, 3.05) is 0 Å². The fraction of sp³-hybridized carbons (Fsp3) is 0. The molecule has 0 saturated carbocycles. The molecule has 1 aliphatic carbocycles. The fourth-order valence-electron chi connectivity index (χ4n) is 2.29. The molecule has 3 rings (SSSR count). The molecule has 110 valence electrons. The van der Waals surface area contributed by atoms with E-state index in [0.717, 1.165) is 21.2 Å². The quantitative estimate of drug-likeness (QED) is 0.525. The van der Waals surface area contributed by atoms with Crippen molar-refractivity contribution >= 4 is 33.4 Å². The fourth-order valence-corrected chi connectivity index (χ4v) is 2.71. The molecule has 0 bridgehead atoms. The minimum absolute atomic E-state index is 0.0287. The van der Waals surface area contributed by atoms with Gasteiger partial charge in [-0.2, -0.15) is 0 Å². The molecule has 0 atom stereocenters. The second-order valence-corrected chi connectivity index (χ2v) is 6.04. The molecule has 0 aliphatic heterocycles. The number of hydrogen-bond donors (Lipinski definition) is 0. The molecule has 0 spiro atoms. The summed E-state index contributed by atoms with van der Waals surface area (Å²) in [4.78, 5) is 12.4. The lowest BCUT2D eigenvalue weighted by molar-refractivity contribution is -0.111. The molecule has 0 N–H and O–H groups in total. The van der Waals surface area contributed by atoms with Crippen LogP contribution in [0.4, 0.5) is 0 Å². The first-order valence-corrected chi connectivity index (χ1v) is 8.06. The highest BCUT2D eigenvalue weighted by Gasteiger charge is 2.17. The third kappa shape index (κ3) is 4.01. The Kier molecular flexibility index (Phi) is 4.77. The van der Waals surface area contributed by atoms with E-state index in [0.29, 0.717) is 5.57 Å². The maximum atomic E-state index is 12.4. The molecule has 0 fully saturated rings. The number of rotatable bonds is 4. The molecule has 0 radical (unpaired) electrons. The summed E-state index contributed by atoms with van der Waals surface area (Å²) < 4.78 is 0.992. The number of halogens is 1. The molecule has 2 aromatic rings. The molecule has 2 heteroatoms. The topological polar surface area (TPSA) is 17.1 Å². The largest absolute Gasteiger partial charge is 0.273 e. The summed E-state index contributed by atoms with van der Waals surface area (Å²) in [5.41, 5.74) is 3.69. The Morgan fingerprint density at radius 1 is 1.04 bits per heavy atom. The van der Waals surface area contributed by atoms with Gasteiger partial charge in [0.25, 0.3) is 0 Å². The monoisotopic (exact) mass is 361 g/mol. The van der Waals surface area contributed by atoms with Gasteiger partial charge in [-0.3, -0.25) is 4.79 Å². The Hall–Kier alpha value is -2.54. The SMILES string of the molecule is O=C(/C=C/c1cccc(Br)c1)C1=C[C+]=CC(c2ccccc2)=C1. The van der Waals surface area contributed by atoms with Gasteiger partial charge in [0.1, 0.15) is 17.7 Å². The maximum absolute atomic E-state index is 12.4.